The van der Waals surface area contributed by atoms with Crippen LogP contribution >= 0.6 is 0 Å². The summed E-state index contributed by atoms with van der Waals surface area (Å²) in [6.45, 7) is 12.2. The van der Waals surface area contributed by atoms with E-state index in [0.29, 0.717) is 11.8 Å². The first-order valence-electron chi connectivity index (χ1n) is 7.28. The van der Waals surface area contributed by atoms with Crippen LogP contribution in [-0.4, -0.2) is 17.9 Å². The van der Waals surface area contributed by atoms with Crippen molar-refractivity contribution in [2.24, 2.45) is 11.3 Å². The molecule has 2 aliphatic rings. The molecule has 1 aliphatic heterocycles. The van der Waals surface area contributed by atoms with Crippen molar-refractivity contribution in [3.8, 4) is 0 Å². The molecule has 1 aromatic carbocycles. The molecule has 19 heavy (non-hydrogen) atoms. The summed E-state index contributed by atoms with van der Waals surface area (Å²) in [6, 6.07) is 10.8. The molecular formula is C17H25NO. The second-order valence-electron chi connectivity index (χ2n) is 7.43. The fourth-order valence-corrected chi connectivity index (χ4v) is 3.98. The van der Waals surface area contributed by atoms with Crippen LogP contribution in [0.4, 0.5) is 0 Å². The molecule has 2 fully saturated rings. The lowest BCUT2D eigenvalue weighted by Gasteiger charge is -2.64. The lowest BCUT2D eigenvalue weighted by Crippen LogP contribution is -2.72. The Balaban J connectivity index is 2.01. The van der Waals surface area contributed by atoms with Gasteiger partial charge in [-0.15, -0.1) is 0 Å². The molecule has 3 rings (SSSR count). The van der Waals surface area contributed by atoms with Crippen molar-refractivity contribution in [3.05, 3.63) is 35.9 Å². The van der Waals surface area contributed by atoms with E-state index in [4.69, 9.17) is 4.74 Å². The van der Waals surface area contributed by atoms with E-state index >= 15 is 0 Å². The Morgan fingerprint density at radius 1 is 1.11 bits per heavy atom. The molecule has 0 radical (unpaired) electrons. The van der Waals surface area contributed by atoms with Crippen LogP contribution in [0.2, 0.25) is 0 Å². The lowest BCUT2D eigenvalue weighted by molar-refractivity contribution is -0.229. The predicted octanol–water partition coefficient (Wildman–Crippen LogP) is 3.54. The molecule has 0 amide bonds. The number of hydrogen-bond acceptors (Lipinski definition) is 2. The van der Waals surface area contributed by atoms with Gasteiger partial charge in [-0.2, -0.15) is 0 Å². The second kappa shape index (κ2) is 3.83. The van der Waals surface area contributed by atoms with Crippen molar-refractivity contribution in [3.63, 3.8) is 0 Å². The van der Waals surface area contributed by atoms with Crippen LogP contribution in [-0.2, 0) is 4.74 Å². The standard InChI is InChI=1S/C17H25NO/c1-12-14(13-9-7-6-8-10-13)17(16(12,4)5)18-15(2,3)11-19-17/h6-10,12,14,18H,11H2,1-5H3/t12-,14+,17+/m1/s1. The molecule has 1 spiro atoms. The average Bonchev–Trinajstić information content (AvgIpc) is 2.70. The summed E-state index contributed by atoms with van der Waals surface area (Å²) < 4.78 is 6.33. The molecule has 0 bridgehead atoms. The van der Waals surface area contributed by atoms with Gasteiger partial charge in [0.15, 0.2) is 0 Å². The summed E-state index contributed by atoms with van der Waals surface area (Å²) in [5.74, 6) is 1.04. The highest BCUT2D eigenvalue weighted by molar-refractivity contribution is 5.33. The molecule has 1 saturated carbocycles. The Morgan fingerprint density at radius 2 is 1.74 bits per heavy atom. The van der Waals surface area contributed by atoms with Crippen LogP contribution in [0.15, 0.2) is 30.3 Å². The topological polar surface area (TPSA) is 21.3 Å². The fraction of sp³-hybridized carbons (Fsp3) is 0.647. The predicted molar refractivity (Wildman–Crippen MR) is 78.0 cm³/mol. The highest BCUT2D eigenvalue weighted by Crippen LogP contribution is 2.65. The Bertz CT molecular complexity index is 479. The van der Waals surface area contributed by atoms with Crippen LogP contribution in [0.25, 0.3) is 0 Å². The van der Waals surface area contributed by atoms with Gasteiger partial charge in [-0.05, 0) is 25.3 Å². The van der Waals surface area contributed by atoms with E-state index in [9.17, 15) is 0 Å². The maximum absolute atomic E-state index is 6.33. The highest BCUT2D eigenvalue weighted by Gasteiger charge is 2.70. The van der Waals surface area contributed by atoms with Crippen molar-refractivity contribution >= 4 is 0 Å². The van der Waals surface area contributed by atoms with Crippen LogP contribution in [0.5, 0.6) is 0 Å². The van der Waals surface area contributed by atoms with Crippen molar-refractivity contribution in [1.82, 2.24) is 5.32 Å². The van der Waals surface area contributed by atoms with E-state index in [1.165, 1.54) is 5.56 Å². The van der Waals surface area contributed by atoms with Crippen LogP contribution < -0.4 is 5.32 Å². The summed E-state index contributed by atoms with van der Waals surface area (Å²) >= 11 is 0. The highest BCUT2D eigenvalue weighted by atomic mass is 16.5. The van der Waals surface area contributed by atoms with Gasteiger partial charge in [0.1, 0.15) is 5.72 Å². The van der Waals surface area contributed by atoms with Crippen molar-refractivity contribution in [2.75, 3.05) is 6.61 Å². The van der Waals surface area contributed by atoms with Crippen LogP contribution in [0.1, 0.15) is 46.1 Å². The maximum atomic E-state index is 6.33. The Labute approximate surface area is 116 Å². The number of nitrogens with one attached hydrogen (secondary N) is 1. The van der Waals surface area contributed by atoms with Gasteiger partial charge in [0.2, 0.25) is 0 Å². The number of rotatable bonds is 1. The van der Waals surface area contributed by atoms with E-state index in [-0.39, 0.29) is 16.7 Å². The molecule has 0 aromatic heterocycles. The van der Waals surface area contributed by atoms with Crippen molar-refractivity contribution < 1.29 is 4.74 Å². The van der Waals surface area contributed by atoms with E-state index in [0.717, 1.165) is 6.61 Å². The minimum Gasteiger partial charge on any atom is -0.357 e. The first kappa shape index (κ1) is 13.1. The molecular weight excluding hydrogens is 234 g/mol. The number of hydrogen-bond donors (Lipinski definition) is 1. The minimum absolute atomic E-state index is 0.0600. The minimum atomic E-state index is -0.211. The van der Waals surface area contributed by atoms with Crippen LogP contribution in [0.3, 0.4) is 0 Å². The maximum Gasteiger partial charge on any atom is 0.132 e. The van der Waals surface area contributed by atoms with Gasteiger partial charge >= 0.3 is 0 Å². The van der Waals surface area contributed by atoms with Gasteiger partial charge in [-0.3, -0.25) is 5.32 Å². The summed E-state index contributed by atoms with van der Waals surface area (Å²) in [4.78, 5) is 0. The molecule has 1 heterocycles. The zero-order valence-corrected chi connectivity index (χ0v) is 12.7. The fourth-order valence-electron chi connectivity index (χ4n) is 3.98. The summed E-state index contributed by atoms with van der Waals surface area (Å²) in [7, 11) is 0. The van der Waals surface area contributed by atoms with Gasteiger partial charge in [0.05, 0.1) is 6.61 Å². The Morgan fingerprint density at radius 3 is 2.26 bits per heavy atom. The molecule has 1 aliphatic carbocycles. The molecule has 3 atom stereocenters. The van der Waals surface area contributed by atoms with E-state index < -0.39 is 0 Å². The molecule has 1 N–H and O–H groups in total. The SMILES string of the molecule is C[C@@H]1[C@@H](c2ccccc2)[C@@]2(NC(C)(C)CO2)C1(C)C. The largest absolute Gasteiger partial charge is 0.357 e. The number of ether oxygens (including phenoxy) is 1. The van der Waals surface area contributed by atoms with Gasteiger partial charge < -0.3 is 4.74 Å². The number of benzene rings is 1. The van der Waals surface area contributed by atoms with Gasteiger partial charge in [-0.1, -0.05) is 51.1 Å². The molecule has 2 heteroatoms. The third-order valence-electron chi connectivity index (χ3n) is 5.38. The second-order valence-corrected chi connectivity index (χ2v) is 7.43. The molecule has 1 saturated heterocycles. The molecule has 2 nitrogen and oxygen atoms in total. The summed E-state index contributed by atoms with van der Waals surface area (Å²) in [5.41, 5.74) is 1.39. The Hall–Kier alpha value is -0.860. The van der Waals surface area contributed by atoms with Gasteiger partial charge in [0.25, 0.3) is 0 Å². The third-order valence-corrected chi connectivity index (χ3v) is 5.38. The van der Waals surface area contributed by atoms with Gasteiger partial charge in [-0.25, -0.2) is 0 Å². The van der Waals surface area contributed by atoms with E-state index in [1.807, 2.05) is 0 Å². The average molecular weight is 259 g/mol. The summed E-state index contributed by atoms with van der Waals surface area (Å²) in [6.07, 6.45) is 0. The molecule has 1 aromatic rings. The van der Waals surface area contributed by atoms with Crippen molar-refractivity contribution in [2.45, 2.75) is 51.8 Å². The molecule has 104 valence electrons. The summed E-state index contributed by atoms with van der Waals surface area (Å²) in [5, 5.41) is 3.79. The van der Waals surface area contributed by atoms with Gasteiger partial charge in [0, 0.05) is 16.9 Å². The Kier molecular flexibility index (Phi) is 2.65. The smallest absolute Gasteiger partial charge is 0.132 e. The lowest BCUT2D eigenvalue weighted by atomic mass is 9.48. The first-order chi connectivity index (χ1) is 8.80. The third kappa shape index (κ3) is 1.63. The van der Waals surface area contributed by atoms with Crippen molar-refractivity contribution in [1.29, 1.82) is 0 Å². The zero-order chi connectivity index (χ0) is 13.9. The molecule has 0 unspecified atom stereocenters. The normalized spacial score (nSPS) is 39.2. The quantitative estimate of drug-likeness (QED) is 0.833. The van der Waals surface area contributed by atoms with Crippen LogP contribution in [0, 0.1) is 11.3 Å². The van der Waals surface area contributed by atoms with E-state index in [2.05, 4.69) is 70.3 Å². The monoisotopic (exact) mass is 259 g/mol. The zero-order valence-electron chi connectivity index (χ0n) is 12.7. The first-order valence-corrected chi connectivity index (χ1v) is 7.28. The van der Waals surface area contributed by atoms with E-state index in [1.54, 1.807) is 0 Å².